The highest BCUT2D eigenvalue weighted by Crippen LogP contribution is 2.32. The second-order valence-corrected chi connectivity index (χ2v) is 5.44. The normalized spacial score (nSPS) is 34.1. The Hall–Kier alpha value is -0.690. The third-order valence-corrected chi connectivity index (χ3v) is 3.86. The maximum absolute atomic E-state index is 13.5. The molecule has 0 aromatic carbocycles. The Morgan fingerprint density at radius 2 is 2.31 bits per heavy atom. The number of carbonyl (C=O) groups is 1. The summed E-state index contributed by atoms with van der Waals surface area (Å²) in [5, 5.41) is 2.52. The van der Waals surface area contributed by atoms with Gasteiger partial charge >= 0.3 is 0 Å². The molecule has 2 aliphatic rings. The SMILES string of the molecule is O=C(C1=CC=CNC1F)C1CCCC(P)C1. The number of rotatable bonds is 2. The molecule has 1 fully saturated rings. The summed E-state index contributed by atoms with van der Waals surface area (Å²) in [6, 6.07) is 0. The number of ketones is 1. The minimum absolute atomic E-state index is 0.00838. The van der Waals surface area contributed by atoms with Gasteiger partial charge in [-0.25, -0.2) is 4.39 Å². The minimum Gasteiger partial charge on any atom is -0.358 e. The molecule has 1 saturated carbocycles. The highest BCUT2D eigenvalue weighted by Gasteiger charge is 2.30. The molecule has 4 atom stereocenters. The van der Waals surface area contributed by atoms with E-state index in [1.807, 2.05) is 0 Å². The first kappa shape index (κ1) is 11.8. The van der Waals surface area contributed by atoms with Crippen molar-refractivity contribution in [3.05, 3.63) is 23.9 Å². The van der Waals surface area contributed by atoms with E-state index in [1.54, 1.807) is 12.2 Å². The van der Waals surface area contributed by atoms with Crippen LogP contribution in [0.3, 0.4) is 0 Å². The predicted octanol–water partition coefficient (Wildman–Crippen LogP) is 2.33. The Morgan fingerprint density at radius 3 is 3.00 bits per heavy atom. The fourth-order valence-corrected chi connectivity index (χ4v) is 2.94. The molecule has 0 aromatic rings. The quantitative estimate of drug-likeness (QED) is 0.594. The summed E-state index contributed by atoms with van der Waals surface area (Å²) in [6.07, 6.45) is 7.47. The van der Waals surface area contributed by atoms with E-state index in [9.17, 15) is 9.18 Å². The molecule has 0 radical (unpaired) electrons. The number of halogens is 1. The highest BCUT2D eigenvalue weighted by molar-refractivity contribution is 7.17. The molecule has 0 spiro atoms. The van der Waals surface area contributed by atoms with Gasteiger partial charge in [-0.1, -0.05) is 6.42 Å². The van der Waals surface area contributed by atoms with Crippen LogP contribution in [0.15, 0.2) is 23.9 Å². The molecular formula is C12H17FNOP. The van der Waals surface area contributed by atoms with Crippen molar-refractivity contribution in [2.24, 2.45) is 5.92 Å². The van der Waals surface area contributed by atoms with Gasteiger partial charge in [0.05, 0.1) is 0 Å². The molecule has 0 bridgehead atoms. The summed E-state index contributed by atoms with van der Waals surface area (Å²) in [6.45, 7) is 0. The van der Waals surface area contributed by atoms with Crippen LogP contribution in [0.1, 0.15) is 25.7 Å². The zero-order valence-corrected chi connectivity index (χ0v) is 10.3. The lowest BCUT2D eigenvalue weighted by atomic mass is 9.83. The molecule has 0 amide bonds. The van der Waals surface area contributed by atoms with Crippen molar-refractivity contribution in [1.82, 2.24) is 5.32 Å². The van der Waals surface area contributed by atoms with Gasteiger partial charge in [0, 0.05) is 11.5 Å². The second-order valence-electron chi connectivity index (χ2n) is 4.50. The molecule has 1 aliphatic carbocycles. The summed E-state index contributed by atoms with van der Waals surface area (Å²) in [5.74, 6) is -0.00875. The summed E-state index contributed by atoms with van der Waals surface area (Å²) in [5.41, 5.74) is 0.792. The topological polar surface area (TPSA) is 29.1 Å². The average molecular weight is 241 g/mol. The first-order valence-corrected chi connectivity index (χ1v) is 6.42. The molecule has 2 nitrogen and oxygen atoms in total. The van der Waals surface area contributed by atoms with Crippen molar-refractivity contribution in [3.8, 4) is 0 Å². The Kier molecular flexibility index (Phi) is 3.75. The van der Waals surface area contributed by atoms with Crippen LogP contribution >= 0.6 is 9.24 Å². The van der Waals surface area contributed by atoms with Crippen molar-refractivity contribution in [3.63, 3.8) is 0 Å². The number of hydrogen-bond donors (Lipinski definition) is 1. The molecule has 2 rings (SSSR count). The van der Waals surface area contributed by atoms with Crippen molar-refractivity contribution in [2.75, 3.05) is 0 Å². The number of carbonyl (C=O) groups excluding carboxylic acids is 1. The van der Waals surface area contributed by atoms with Crippen LogP contribution in [-0.2, 0) is 4.79 Å². The monoisotopic (exact) mass is 241 g/mol. The first-order valence-electron chi connectivity index (χ1n) is 5.75. The molecule has 0 aromatic heterocycles. The smallest absolute Gasteiger partial charge is 0.199 e. The van der Waals surface area contributed by atoms with Crippen LogP contribution < -0.4 is 5.32 Å². The Balaban J connectivity index is 2.06. The van der Waals surface area contributed by atoms with Crippen LogP contribution in [0.5, 0.6) is 0 Å². The maximum atomic E-state index is 13.5. The largest absolute Gasteiger partial charge is 0.358 e. The Bertz CT molecular complexity index is 340. The molecule has 1 aliphatic heterocycles. The van der Waals surface area contributed by atoms with Gasteiger partial charge in [-0.2, -0.15) is 0 Å². The van der Waals surface area contributed by atoms with Gasteiger partial charge in [0.25, 0.3) is 0 Å². The van der Waals surface area contributed by atoms with Crippen molar-refractivity contribution < 1.29 is 9.18 Å². The lowest BCUT2D eigenvalue weighted by Gasteiger charge is -2.27. The lowest BCUT2D eigenvalue weighted by molar-refractivity contribution is -0.120. The molecule has 16 heavy (non-hydrogen) atoms. The molecule has 4 unspecified atom stereocenters. The third-order valence-electron chi connectivity index (χ3n) is 3.26. The maximum Gasteiger partial charge on any atom is 0.199 e. The van der Waals surface area contributed by atoms with Gasteiger partial charge in [-0.15, -0.1) is 9.24 Å². The molecule has 4 heteroatoms. The van der Waals surface area contributed by atoms with Crippen LogP contribution in [-0.4, -0.2) is 17.7 Å². The first-order chi connectivity index (χ1) is 7.68. The highest BCUT2D eigenvalue weighted by atomic mass is 31.0. The van der Waals surface area contributed by atoms with Gasteiger partial charge in [0.1, 0.15) is 0 Å². The number of hydrogen-bond acceptors (Lipinski definition) is 2. The standard InChI is InChI=1S/C12H17FNOP/c13-12-10(5-2-6-14-12)11(15)8-3-1-4-9(16)7-8/h2,5-6,8-9,12,14H,1,3-4,7,16H2. The summed E-state index contributed by atoms with van der Waals surface area (Å²) >= 11 is 0. The molecule has 0 saturated heterocycles. The van der Waals surface area contributed by atoms with Gasteiger partial charge < -0.3 is 5.32 Å². The minimum atomic E-state index is -1.33. The van der Waals surface area contributed by atoms with E-state index in [4.69, 9.17) is 0 Å². The number of Topliss-reactive ketones (excluding diaryl/α,β-unsaturated/α-hetero) is 1. The number of alkyl halides is 1. The zero-order chi connectivity index (χ0) is 11.5. The Morgan fingerprint density at radius 1 is 1.50 bits per heavy atom. The number of dihydropyridines is 1. The fourth-order valence-electron chi connectivity index (χ4n) is 2.37. The number of nitrogens with one attached hydrogen (secondary N) is 1. The molecule has 88 valence electrons. The van der Waals surface area contributed by atoms with E-state index >= 15 is 0 Å². The number of allylic oxidation sites excluding steroid dienone is 2. The van der Waals surface area contributed by atoms with Crippen LogP contribution in [0.2, 0.25) is 0 Å². The zero-order valence-electron chi connectivity index (χ0n) is 9.16. The van der Waals surface area contributed by atoms with Gasteiger partial charge in [0.2, 0.25) is 0 Å². The van der Waals surface area contributed by atoms with Crippen LogP contribution in [0, 0.1) is 5.92 Å². The third kappa shape index (κ3) is 2.52. The summed E-state index contributed by atoms with van der Waals surface area (Å²) < 4.78 is 13.5. The van der Waals surface area contributed by atoms with Gasteiger partial charge in [0.15, 0.2) is 12.1 Å². The van der Waals surface area contributed by atoms with E-state index in [0.717, 1.165) is 25.7 Å². The van der Waals surface area contributed by atoms with E-state index in [2.05, 4.69) is 14.6 Å². The van der Waals surface area contributed by atoms with Gasteiger partial charge in [-0.3, -0.25) is 4.79 Å². The molecule has 1 heterocycles. The fraction of sp³-hybridized carbons (Fsp3) is 0.583. The lowest BCUT2D eigenvalue weighted by Crippen LogP contribution is -2.33. The Labute approximate surface area is 97.6 Å². The van der Waals surface area contributed by atoms with Crippen molar-refractivity contribution in [2.45, 2.75) is 37.6 Å². The summed E-state index contributed by atoms with van der Waals surface area (Å²) in [4.78, 5) is 12.1. The van der Waals surface area contributed by atoms with Gasteiger partial charge in [-0.05, 0) is 43.3 Å². The predicted molar refractivity (Wildman–Crippen MR) is 65.7 cm³/mol. The van der Waals surface area contributed by atoms with E-state index in [0.29, 0.717) is 5.66 Å². The summed E-state index contributed by atoms with van der Waals surface area (Å²) in [7, 11) is 2.78. The van der Waals surface area contributed by atoms with Crippen LogP contribution in [0.25, 0.3) is 0 Å². The van der Waals surface area contributed by atoms with E-state index < -0.39 is 6.30 Å². The van der Waals surface area contributed by atoms with E-state index in [1.165, 1.54) is 6.20 Å². The molecule has 1 N–H and O–H groups in total. The van der Waals surface area contributed by atoms with Crippen LogP contribution in [0.4, 0.5) is 4.39 Å². The van der Waals surface area contributed by atoms with Crippen molar-refractivity contribution in [1.29, 1.82) is 0 Å². The average Bonchev–Trinajstić information content (AvgIpc) is 2.29. The van der Waals surface area contributed by atoms with E-state index in [-0.39, 0.29) is 17.3 Å². The second kappa shape index (κ2) is 5.09. The molecular weight excluding hydrogens is 224 g/mol. The van der Waals surface area contributed by atoms with Crippen molar-refractivity contribution >= 4 is 15.0 Å².